The summed E-state index contributed by atoms with van der Waals surface area (Å²) >= 11 is 0. The zero-order chi connectivity index (χ0) is 16.2. The van der Waals surface area contributed by atoms with Crippen molar-refractivity contribution >= 4 is 12.6 Å². The number of hydrogen-bond acceptors (Lipinski definition) is 5. The molecule has 0 amide bonds. The van der Waals surface area contributed by atoms with Crippen molar-refractivity contribution in [2.75, 3.05) is 0 Å². The van der Waals surface area contributed by atoms with E-state index in [4.69, 9.17) is 14.8 Å². The molecule has 0 unspecified atom stereocenters. The molecule has 0 aliphatic rings. The minimum absolute atomic E-state index is 0.133. The van der Waals surface area contributed by atoms with Crippen LogP contribution in [-0.4, -0.2) is 28.5 Å². The highest BCUT2D eigenvalue weighted by Gasteiger charge is 2.33. The first-order valence-electron chi connectivity index (χ1n) is 6.13. The zero-order valence-corrected chi connectivity index (χ0v) is 11.1. The summed E-state index contributed by atoms with van der Waals surface area (Å²) in [6.07, 6.45) is -1.77. The second-order valence-electron chi connectivity index (χ2n) is 4.27. The Bertz CT molecular complexity index is 622. The smallest absolute Gasteiger partial charge is 0.489 e. The molecule has 22 heavy (non-hydrogen) atoms. The van der Waals surface area contributed by atoms with E-state index in [9.17, 15) is 13.2 Å². The predicted molar refractivity (Wildman–Crippen MR) is 71.5 cm³/mol. The van der Waals surface area contributed by atoms with Crippen LogP contribution in [0.15, 0.2) is 42.7 Å². The molecule has 5 nitrogen and oxygen atoms in total. The van der Waals surface area contributed by atoms with Crippen molar-refractivity contribution < 1.29 is 32.7 Å². The molecule has 2 rings (SSSR count). The van der Waals surface area contributed by atoms with Crippen molar-refractivity contribution in [1.82, 2.24) is 4.98 Å². The minimum Gasteiger partial charge on any atom is -0.489 e. The maximum atomic E-state index is 12.2. The van der Waals surface area contributed by atoms with Crippen LogP contribution in [0.4, 0.5) is 13.2 Å². The normalized spacial score (nSPS) is 11.1. The number of ether oxygens (including phenoxy) is 2. The summed E-state index contributed by atoms with van der Waals surface area (Å²) in [6.45, 7) is 0.133. The lowest BCUT2D eigenvalue weighted by Gasteiger charge is -2.14. The summed E-state index contributed by atoms with van der Waals surface area (Å²) in [5.41, 5.74) is 0.310. The van der Waals surface area contributed by atoms with E-state index in [1.54, 1.807) is 24.5 Å². The van der Waals surface area contributed by atoms with Gasteiger partial charge in [0.1, 0.15) is 18.1 Å². The van der Waals surface area contributed by atoms with Crippen LogP contribution in [0.25, 0.3) is 0 Å². The zero-order valence-electron chi connectivity index (χ0n) is 11.1. The Hall–Kier alpha value is -2.26. The molecular formula is C13H11BF3NO4. The van der Waals surface area contributed by atoms with Gasteiger partial charge in [0.2, 0.25) is 0 Å². The minimum atomic E-state index is -4.93. The molecule has 0 aliphatic carbocycles. The lowest BCUT2D eigenvalue weighted by molar-refractivity contribution is -0.274. The van der Waals surface area contributed by atoms with Crippen LogP contribution in [0.1, 0.15) is 5.56 Å². The molecule has 116 valence electrons. The maximum Gasteiger partial charge on any atom is 0.573 e. The van der Waals surface area contributed by atoms with E-state index in [-0.39, 0.29) is 12.4 Å². The number of rotatable bonds is 5. The summed E-state index contributed by atoms with van der Waals surface area (Å²) in [5.74, 6) is -0.530. The quantitative estimate of drug-likeness (QED) is 0.813. The largest absolute Gasteiger partial charge is 0.573 e. The molecule has 0 radical (unpaired) electrons. The van der Waals surface area contributed by atoms with E-state index in [1.165, 1.54) is 6.07 Å². The van der Waals surface area contributed by atoms with E-state index in [0.717, 1.165) is 17.7 Å². The van der Waals surface area contributed by atoms with Gasteiger partial charge in [0.25, 0.3) is 0 Å². The third-order valence-corrected chi connectivity index (χ3v) is 2.61. The van der Waals surface area contributed by atoms with Crippen LogP contribution >= 0.6 is 0 Å². The molecule has 1 aromatic carbocycles. The van der Waals surface area contributed by atoms with Gasteiger partial charge in [-0.2, -0.15) is 0 Å². The molecule has 1 heterocycles. The molecule has 0 fully saturated rings. The SMILES string of the molecule is OB(O)c1cc(OCc2cccnc2)ccc1OC(F)(F)F. The monoisotopic (exact) mass is 313 g/mol. The molecule has 0 spiro atoms. The van der Waals surface area contributed by atoms with Crippen LogP contribution in [-0.2, 0) is 6.61 Å². The summed E-state index contributed by atoms with van der Waals surface area (Å²) in [7, 11) is -2.13. The number of nitrogens with zero attached hydrogens (tertiary/aromatic N) is 1. The van der Waals surface area contributed by atoms with Crippen LogP contribution in [0.3, 0.4) is 0 Å². The topological polar surface area (TPSA) is 71.8 Å². The Kier molecular flexibility index (Phi) is 4.89. The van der Waals surface area contributed by atoms with E-state index >= 15 is 0 Å². The molecule has 0 aliphatic heterocycles. The molecule has 0 bridgehead atoms. The van der Waals surface area contributed by atoms with Crippen molar-refractivity contribution in [2.24, 2.45) is 0 Å². The Morgan fingerprint density at radius 3 is 2.55 bits per heavy atom. The van der Waals surface area contributed by atoms with Gasteiger partial charge in [-0.1, -0.05) is 6.07 Å². The molecule has 0 saturated heterocycles. The third kappa shape index (κ3) is 4.64. The van der Waals surface area contributed by atoms with Crippen LogP contribution in [0, 0.1) is 0 Å². The van der Waals surface area contributed by atoms with Gasteiger partial charge >= 0.3 is 13.5 Å². The summed E-state index contributed by atoms with van der Waals surface area (Å²) < 4.78 is 45.8. The van der Waals surface area contributed by atoms with E-state index in [0.29, 0.717) is 0 Å². The van der Waals surface area contributed by atoms with Gasteiger partial charge in [0.15, 0.2) is 0 Å². The average Bonchev–Trinajstić information content (AvgIpc) is 2.45. The van der Waals surface area contributed by atoms with Crippen molar-refractivity contribution in [2.45, 2.75) is 13.0 Å². The number of aromatic nitrogens is 1. The van der Waals surface area contributed by atoms with Crippen molar-refractivity contribution in [3.8, 4) is 11.5 Å². The molecule has 2 N–H and O–H groups in total. The fourth-order valence-electron chi connectivity index (χ4n) is 1.69. The first-order valence-corrected chi connectivity index (χ1v) is 6.13. The Morgan fingerprint density at radius 2 is 1.95 bits per heavy atom. The van der Waals surface area contributed by atoms with Gasteiger partial charge < -0.3 is 19.5 Å². The first-order chi connectivity index (χ1) is 10.3. The fraction of sp³-hybridized carbons (Fsp3) is 0.154. The van der Waals surface area contributed by atoms with E-state index < -0.39 is 24.7 Å². The number of halogens is 3. The van der Waals surface area contributed by atoms with Gasteiger partial charge in [-0.3, -0.25) is 4.98 Å². The first kappa shape index (κ1) is 16.1. The lowest BCUT2D eigenvalue weighted by atomic mass is 9.79. The fourth-order valence-corrected chi connectivity index (χ4v) is 1.69. The molecule has 9 heteroatoms. The van der Waals surface area contributed by atoms with Crippen LogP contribution in [0.2, 0.25) is 0 Å². The Labute approximate surface area is 124 Å². The maximum absolute atomic E-state index is 12.2. The van der Waals surface area contributed by atoms with Crippen molar-refractivity contribution in [3.63, 3.8) is 0 Å². The number of pyridine rings is 1. The van der Waals surface area contributed by atoms with Crippen LogP contribution < -0.4 is 14.9 Å². The van der Waals surface area contributed by atoms with Gasteiger partial charge in [0, 0.05) is 23.4 Å². The van der Waals surface area contributed by atoms with Gasteiger partial charge in [-0.15, -0.1) is 13.2 Å². The highest BCUT2D eigenvalue weighted by atomic mass is 19.4. The summed E-state index contributed by atoms with van der Waals surface area (Å²) in [5, 5.41) is 18.3. The number of alkyl halides is 3. The number of hydrogen-bond donors (Lipinski definition) is 2. The molecule has 1 aromatic heterocycles. The van der Waals surface area contributed by atoms with Gasteiger partial charge in [-0.05, 0) is 24.3 Å². The Morgan fingerprint density at radius 1 is 1.18 bits per heavy atom. The highest BCUT2D eigenvalue weighted by molar-refractivity contribution is 6.59. The van der Waals surface area contributed by atoms with Crippen molar-refractivity contribution in [3.05, 3.63) is 48.3 Å². The molecule has 0 saturated carbocycles. The molecular weight excluding hydrogens is 302 g/mol. The second kappa shape index (κ2) is 6.67. The third-order valence-electron chi connectivity index (χ3n) is 2.61. The van der Waals surface area contributed by atoms with E-state index in [1.807, 2.05) is 0 Å². The van der Waals surface area contributed by atoms with Gasteiger partial charge in [0.05, 0.1) is 0 Å². The summed E-state index contributed by atoms with van der Waals surface area (Å²) in [6, 6.07) is 6.74. The van der Waals surface area contributed by atoms with E-state index in [2.05, 4.69) is 9.72 Å². The molecule has 2 aromatic rings. The average molecular weight is 313 g/mol. The summed E-state index contributed by atoms with van der Waals surface area (Å²) in [4.78, 5) is 3.89. The second-order valence-corrected chi connectivity index (χ2v) is 4.27. The van der Waals surface area contributed by atoms with Crippen LogP contribution in [0.5, 0.6) is 11.5 Å². The standard InChI is InChI=1S/C13H11BF3NO4/c15-13(16,17)22-12-4-3-10(6-11(12)14(19)20)21-8-9-2-1-5-18-7-9/h1-7,19-20H,8H2. The molecule has 0 atom stereocenters. The van der Waals surface area contributed by atoms with Crippen molar-refractivity contribution in [1.29, 1.82) is 0 Å². The Balaban J connectivity index is 2.15. The van der Waals surface area contributed by atoms with Gasteiger partial charge in [-0.25, -0.2) is 0 Å². The predicted octanol–water partition coefficient (Wildman–Crippen LogP) is 1.24. The number of benzene rings is 1. The highest BCUT2D eigenvalue weighted by Crippen LogP contribution is 2.24. The lowest BCUT2D eigenvalue weighted by Crippen LogP contribution is -2.33.